The van der Waals surface area contributed by atoms with Gasteiger partial charge in [0.05, 0.1) is 13.2 Å². The smallest absolute Gasteiger partial charge is 0.462 e. The van der Waals surface area contributed by atoms with E-state index in [1.807, 2.05) is 0 Å². The molecule has 0 saturated carbocycles. The van der Waals surface area contributed by atoms with E-state index in [1.165, 1.54) is 225 Å². The summed E-state index contributed by atoms with van der Waals surface area (Å²) < 4.78 is 33.2. The normalized spacial score (nSPS) is 13.5. The van der Waals surface area contributed by atoms with Gasteiger partial charge in [0, 0.05) is 19.4 Å². The molecule has 9 nitrogen and oxygen atoms in total. The molecule has 0 aromatic rings. The number of nitrogens with two attached hydrogens (primary N) is 1. The monoisotopic (exact) mass is 1240 g/mol. The lowest BCUT2D eigenvalue weighted by Crippen LogP contribution is -2.29. The number of rotatable bonds is 69. The van der Waals surface area contributed by atoms with Crippen LogP contribution in [-0.4, -0.2) is 49.3 Å². The number of unbranched alkanes of at least 4 members (excludes halogenated alkanes) is 40. The van der Waals surface area contributed by atoms with Crippen LogP contribution in [0.2, 0.25) is 0 Å². The van der Waals surface area contributed by atoms with Crippen LogP contribution in [0.25, 0.3) is 0 Å². The summed E-state index contributed by atoms with van der Waals surface area (Å²) in [4.78, 5) is 35.4. The van der Waals surface area contributed by atoms with Crippen molar-refractivity contribution < 1.29 is 37.6 Å². The van der Waals surface area contributed by atoms with Crippen LogP contribution in [0.1, 0.15) is 348 Å². The second kappa shape index (κ2) is 72.0. The second-order valence-electron chi connectivity index (χ2n) is 24.4. The SMILES string of the molecule is CC/C=C\C/C=C\C/C=C\C/C=C\C/C=C\C/C=C\C/C=C\C/C=C\CCCCCCCCCCCCCCCCCCC(=O)OC(COC(=O)CCCCCCCCCCCCCCCCCCCCCCCCCCC)COP(=O)(O)OCCN. The first-order valence-corrected chi connectivity index (χ1v) is 38.2. The Bertz CT molecular complexity index is 1750. The topological polar surface area (TPSA) is 134 Å². The Balaban J connectivity index is 3.84. The maximum absolute atomic E-state index is 12.8. The molecule has 0 rings (SSSR count). The van der Waals surface area contributed by atoms with Gasteiger partial charge in [-0.2, -0.15) is 0 Å². The maximum Gasteiger partial charge on any atom is 0.472 e. The van der Waals surface area contributed by atoms with Crippen LogP contribution in [0.15, 0.2) is 97.2 Å². The summed E-state index contributed by atoms with van der Waals surface area (Å²) in [6, 6.07) is 0. The van der Waals surface area contributed by atoms with Crippen molar-refractivity contribution in [1.82, 2.24) is 0 Å². The van der Waals surface area contributed by atoms with Crippen LogP contribution >= 0.6 is 7.82 Å². The molecule has 0 aliphatic carbocycles. The van der Waals surface area contributed by atoms with Crippen molar-refractivity contribution in [3.63, 3.8) is 0 Å². The highest BCUT2D eigenvalue weighted by Crippen LogP contribution is 2.43. The number of allylic oxidation sites excluding steroid dienone is 16. The van der Waals surface area contributed by atoms with Gasteiger partial charge in [0.1, 0.15) is 6.61 Å². The summed E-state index contributed by atoms with van der Waals surface area (Å²) in [6.45, 7) is 3.68. The fourth-order valence-electron chi connectivity index (χ4n) is 10.6. The Morgan fingerprint density at radius 2 is 0.632 bits per heavy atom. The lowest BCUT2D eigenvalue weighted by atomic mass is 10.0. The van der Waals surface area contributed by atoms with Gasteiger partial charge in [-0.1, -0.05) is 355 Å². The van der Waals surface area contributed by atoms with Gasteiger partial charge in [-0.3, -0.25) is 18.6 Å². The van der Waals surface area contributed by atoms with Gasteiger partial charge < -0.3 is 20.1 Å². The molecule has 0 saturated heterocycles. The minimum absolute atomic E-state index is 0.0531. The lowest BCUT2D eigenvalue weighted by molar-refractivity contribution is -0.161. The number of esters is 2. The highest BCUT2D eigenvalue weighted by Gasteiger charge is 2.26. The number of hydrogen-bond donors (Lipinski definition) is 2. The van der Waals surface area contributed by atoms with Crippen LogP contribution in [0.4, 0.5) is 0 Å². The zero-order chi connectivity index (χ0) is 63.0. The van der Waals surface area contributed by atoms with E-state index in [-0.39, 0.29) is 38.6 Å². The predicted octanol–water partition coefficient (Wildman–Crippen LogP) is 24.3. The summed E-state index contributed by atoms with van der Waals surface area (Å²) in [5.41, 5.74) is 5.41. The van der Waals surface area contributed by atoms with Gasteiger partial charge in [0.15, 0.2) is 6.10 Å². The molecule has 2 atom stereocenters. The molecule has 0 heterocycles. The van der Waals surface area contributed by atoms with E-state index in [4.69, 9.17) is 24.3 Å². The molecular formula is C77H138NO8P. The van der Waals surface area contributed by atoms with Crippen LogP contribution < -0.4 is 5.73 Å². The van der Waals surface area contributed by atoms with E-state index in [0.717, 1.165) is 89.9 Å². The quantitative estimate of drug-likeness (QED) is 0.0264. The van der Waals surface area contributed by atoms with E-state index in [0.29, 0.717) is 6.42 Å². The fraction of sp³-hybridized carbons (Fsp3) is 0.766. The maximum atomic E-state index is 12.8. The first-order chi connectivity index (χ1) is 42.8. The van der Waals surface area contributed by atoms with E-state index in [2.05, 4.69) is 111 Å². The van der Waals surface area contributed by atoms with Gasteiger partial charge in [-0.25, -0.2) is 4.57 Å². The minimum Gasteiger partial charge on any atom is -0.462 e. The third-order valence-corrected chi connectivity index (χ3v) is 17.0. The van der Waals surface area contributed by atoms with E-state index >= 15 is 0 Å². The molecule has 0 aromatic carbocycles. The highest BCUT2D eigenvalue weighted by atomic mass is 31.2. The number of carbonyl (C=O) groups excluding carboxylic acids is 2. The number of hydrogen-bond acceptors (Lipinski definition) is 8. The largest absolute Gasteiger partial charge is 0.472 e. The van der Waals surface area contributed by atoms with Crippen LogP contribution in [0.3, 0.4) is 0 Å². The first-order valence-electron chi connectivity index (χ1n) is 36.7. The van der Waals surface area contributed by atoms with Crippen LogP contribution in [0.5, 0.6) is 0 Å². The number of phosphoric acid groups is 1. The molecule has 87 heavy (non-hydrogen) atoms. The number of carbonyl (C=O) groups is 2. The lowest BCUT2D eigenvalue weighted by Gasteiger charge is -2.19. The summed E-state index contributed by atoms with van der Waals surface area (Å²) in [7, 11) is -4.39. The molecule has 2 unspecified atom stereocenters. The van der Waals surface area contributed by atoms with Crippen LogP contribution in [0, 0.1) is 0 Å². The second-order valence-corrected chi connectivity index (χ2v) is 25.9. The molecule has 3 N–H and O–H groups in total. The molecule has 0 spiro atoms. The Hall–Kier alpha value is -3.07. The van der Waals surface area contributed by atoms with Crippen molar-refractivity contribution in [2.75, 3.05) is 26.4 Å². The highest BCUT2D eigenvalue weighted by molar-refractivity contribution is 7.47. The molecule has 504 valence electrons. The van der Waals surface area contributed by atoms with E-state index < -0.39 is 26.5 Å². The molecule has 0 aliphatic heterocycles. The number of phosphoric ester groups is 1. The predicted molar refractivity (Wildman–Crippen MR) is 376 cm³/mol. The van der Waals surface area contributed by atoms with Crippen molar-refractivity contribution in [2.24, 2.45) is 5.73 Å². The average Bonchev–Trinajstić information content (AvgIpc) is 3.65. The van der Waals surface area contributed by atoms with Gasteiger partial charge >= 0.3 is 19.8 Å². The van der Waals surface area contributed by atoms with Crippen molar-refractivity contribution >= 4 is 19.8 Å². The van der Waals surface area contributed by atoms with Crippen molar-refractivity contribution in [3.05, 3.63) is 97.2 Å². The third kappa shape index (κ3) is 71.9. The van der Waals surface area contributed by atoms with Crippen LogP contribution in [-0.2, 0) is 32.7 Å². The average molecular weight is 1240 g/mol. The van der Waals surface area contributed by atoms with E-state index in [9.17, 15) is 19.0 Å². The Labute approximate surface area is 537 Å². The summed E-state index contributed by atoms with van der Waals surface area (Å²) in [5.74, 6) is -0.812. The van der Waals surface area contributed by atoms with Gasteiger partial charge in [0.25, 0.3) is 0 Å². The standard InChI is InChI=1S/C77H138NO8P/c1-3-5-7-9-11-13-15-17-19-21-23-25-27-29-30-31-32-33-34-35-36-37-38-39-40-41-42-43-44-46-48-50-52-54-56-58-60-62-64-66-68-70-77(80)86-75(74-85-87(81,82)84-72-71-78)73-83-76(79)69-67-65-63-61-59-57-55-53-51-49-47-45-28-26-24-22-20-18-16-14-12-10-8-6-4-2/h5,7,11,13,17,19,23,25,29-30,32-33,35-36,38-39,75H,3-4,6,8-10,12,14-16,18,20-22,24,26-28,31,34,37,40-74,78H2,1-2H3,(H,81,82)/b7-5-,13-11-,19-17-,25-23-,30-29-,33-32-,36-35-,39-38-. The zero-order valence-corrected chi connectivity index (χ0v) is 57.6. The Morgan fingerprint density at radius 1 is 0.356 bits per heavy atom. The molecule has 0 bridgehead atoms. The summed E-state index contributed by atoms with van der Waals surface area (Å²) in [6.07, 6.45) is 98.0. The third-order valence-electron chi connectivity index (χ3n) is 16.0. The first kappa shape index (κ1) is 83.9. The summed E-state index contributed by atoms with van der Waals surface area (Å²) in [5, 5.41) is 0. The Morgan fingerprint density at radius 3 is 0.943 bits per heavy atom. The fourth-order valence-corrected chi connectivity index (χ4v) is 11.4. The molecule has 0 aromatic heterocycles. The van der Waals surface area contributed by atoms with Crippen molar-refractivity contribution in [1.29, 1.82) is 0 Å². The summed E-state index contributed by atoms with van der Waals surface area (Å²) >= 11 is 0. The van der Waals surface area contributed by atoms with Gasteiger partial charge in [0.2, 0.25) is 0 Å². The molecule has 0 aliphatic rings. The van der Waals surface area contributed by atoms with Crippen molar-refractivity contribution in [3.8, 4) is 0 Å². The minimum atomic E-state index is -4.39. The molecule has 10 heteroatoms. The van der Waals surface area contributed by atoms with Gasteiger partial charge in [-0.15, -0.1) is 0 Å². The number of ether oxygens (including phenoxy) is 2. The molecular weight excluding hydrogens is 1100 g/mol. The Kier molecular flexibility index (Phi) is 69.5. The van der Waals surface area contributed by atoms with Gasteiger partial charge in [-0.05, 0) is 77.0 Å². The van der Waals surface area contributed by atoms with Crippen molar-refractivity contribution in [2.45, 2.75) is 354 Å². The molecule has 0 radical (unpaired) electrons. The van der Waals surface area contributed by atoms with E-state index in [1.54, 1.807) is 0 Å². The molecule has 0 amide bonds. The molecule has 0 fully saturated rings. The zero-order valence-electron chi connectivity index (χ0n) is 56.7.